The van der Waals surface area contributed by atoms with Crippen LogP contribution in [-0.2, 0) is 4.74 Å². The van der Waals surface area contributed by atoms with Crippen molar-refractivity contribution in [3.63, 3.8) is 0 Å². The average Bonchev–Trinajstić information content (AvgIpc) is 2.54. The molecule has 0 aliphatic carbocycles. The second-order valence-electron chi connectivity index (χ2n) is 5.71. The second kappa shape index (κ2) is 9.15. The van der Waals surface area contributed by atoms with Crippen molar-refractivity contribution in [3.05, 3.63) is 35.9 Å². The summed E-state index contributed by atoms with van der Waals surface area (Å²) in [6, 6.07) is 10.1. The van der Waals surface area contributed by atoms with Crippen LogP contribution < -0.4 is 0 Å². The monoisotopic (exact) mass is 293 g/mol. The first kappa shape index (κ1) is 16.4. The summed E-state index contributed by atoms with van der Waals surface area (Å²) in [5.41, 5.74) is 0.975. The van der Waals surface area contributed by atoms with Crippen molar-refractivity contribution in [3.8, 4) is 0 Å². The van der Waals surface area contributed by atoms with Gasteiger partial charge in [-0.05, 0) is 37.8 Å². The van der Waals surface area contributed by atoms with E-state index in [-0.39, 0.29) is 12.6 Å². The van der Waals surface area contributed by atoms with E-state index in [4.69, 9.17) is 9.84 Å². The van der Waals surface area contributed by atoms with Crippen molar-refractivity contribution in [2.75, 3.05) is 32.9 Å². The number of hydrogen-bond acceptors (Lipinski definition) is 4. The van der Waals surface area contributed by atoms with Crippen molar-refractivity contribution in [1.29, 1.82) is 0 Å². The van der Waals surface area contributed by atoms with Crippen LogP contribution in [0.5, 0.6) is 0 Å². The molecule has 0 bridgehead atoms. The molecule has 4 heteroatoms. The van der Waals surface area contributed by atoms with E-state index in [9.17, 15) is 5.11 Å². The van der Waals surface area contributed by atoms with Crippen LogP contribution in [0, 0.1) is 0 Å². The van der Waals surface area contributed by atoms with Gasteiger partial charge in [0.05, 0.1) is 19.3 Å². The van der Waals surface area contributed by atoms with Gasteiger partial charge in [0, 0.05) is 19.2 Å². The molecule has 1 aromatic carbocycles. The molecule has 0 aromatic heterocycles. The third kappa shape index (κ3) is 5.40. The first-order valence-corrected chi connectivity index (χ1v) is 7.97. The Morgan fingerprint density at radius 2 is 2.00 bits per heavy atom. The van der Waals surface area contributed by atoms with Crippen molar-refractivity contribution < 1.29 is 14.9 Å². The molecule has 0 amide bonds. The molecule has 4 nitrogen and oxygen atoms in total. The van der Waals surface area contributed by atoms with Gasteiger partial charge >= 0.3 is 0 Å². The van der Waals surface area contributed by atoms with Crippen LogP contribution in [0.15, 0.2) is 30.3 Å². The summed E-state index contributed by atoms with van der Waals surface area (Å²) in [5, 5.41) is 19.2. The molecule has 2 atom stereocenters. The molecule has 21 heavy (non-hydrogen) atoms. The third-order valence-corrected chi connectivity index (χ3v) is 4.13. The maximum Gasteiger partial charge on any atom is 0.0805 e. The summed E-state index contributed by atoms with van der Waals surface area (Å²) in [7, 11) is 0. The van der Waals surface area contributed by atoms with E-state index in [0.29, 0.717) is 13.0 Å². The lowest BCUT2D eigenvalue weighted by atomic mass is 10.0. The number of rotatable bonds is 8. The molecule has 1 aliphatic rings. The van der Waals surface area contributed by atoms with Crippen LogP contribution in [0.25, 0.3) is 0 Å². The molecule has 1 fully saturated rings. The highest BCUT2D eigenvalue weighted by Crippen LogP contribution is 2.22. The van der Waals surface area contributed by atoms with Gasteiger partial charge < -0.3 is 14.9 Å². The number of hydrogen-bond donors (Lipinski definition) is 2. The predicted molar refractivity (Wildman–Crippen MR) is 83.1 cm³/mol. The lowest BCUT2D eigenvalue weighted by molar-refractivity contribution is -0.0267. The lowest BCUT2D eigenvalue weighted by Gasteiger charge is -2.36. The summed E-state index contributed by atoms with van der Waals surface area (Å²) in [5.74, 6) is 0. The molecule has 2 unspecified atom stereocenters. The zero-order chi connectivity index (χ0) is 14.9. The maximum absolute atomic E-state index is 10.4. The van der Waals surface area contributed by atoms with Crippen LogP contribution in [0.4, 0.5) is 0 Å². The van der Waals surface area contributed by atoms with Crippen LogP contribution >= 0.6 is 0 Å². The van der Waals surface area contributed by atoms with Gasteiger partial charge in [0.25, 0.3) is 0 Å². The standard InChI is InChI=1S/C17H27NO3/c19-11-6-2-5-9-18-10-12-21-14-16(18)13-17(20)15-7-3-1-4-8-15/h1,3-4,7-8,16-17,19-20H,2,5-6,9-14H2. The Morgan fingerprint density at radius 1 is 1.19 bits per heavy atom. The third-order valence-electron chi connectivity index (χ3n) is 4.13. The molecular formula is C17H27NO3. The van der Waals surface area contributed by atoms with Crippen molar-refractivity contribution in [1.82, 2.24) is 4.90 Å². The SMILES string of the molecule is OCCCCCN1CCOCC1CC(O)c1ccccc1. The predicted octanol–water partition coefficient (Wildman–Crippen LogP) is 1.97. The molecule has 2 rings (SSSR count). The largest absolute Gasteiger partial charge is 0.396 e. The normalized spacial score (nSPS) is 21.3. The Morgan fingerprint density at radius 3 is 2.76 bits per heavy atom. The minimum atomic E-state index is -0.433. The first-order chi connectivity index (χ1) is 10.3. The number of benzene rings is 1. The Labute approximate surface area is 127 Å². The van der Waals surface area contributed by atoms with Crippen LogP contribution in [0.3, 0.4) is 0 Å². The molecule has 2 N–H and O–H groups in total. The van der Waals surface area contributed by atoms with Crippen molar-refractivity contribution in [2.24, 2.45) is 0 Å². The van der Waals surface area contributed by atoms with E-state index < -0.39 is 6.10 Å². The molecular weight excluding hydrogens is 266 g/mol. The molecule has 0 saturated carbocycles. The number of morpholine rings is 1. The minimum Gasteiger partial charge on any atom is -0.396 e. The quantitative estimate of drug-likeness (QED) is 0.720. The van der Waals surface area contributed by atoms with Gasteiger partial charge in [-0.1, -0.05) is 30.3 Å². The summed E-state index contributed by atoms with van der Waals surface area (Å²) in [4.78, 5) is 2.42. The highest BCUT2D eigenvalue weighted by molar-refractivity contribution is 5.17. The molecule has 0 spiro atoms. The Bertz CT molecular complexity index is 385. The van der Waals surface area contributed by atoms with Crippen LogP contribution in [0.2, 0.25) is 0 Å². The van der Waals surface area contributed by atoms with Crippen LogP contribution in [-0.4, -0.2) is 54.1 Å². The summed E-state index contributed by atoms with van der Waals surface area (Å²) < 4.78 is 5.58. The highest BCUT2D eigenvalue weighted by atomic mass is 16.5. The summed E-state index contributed by atoms with van der Waals surface area (Å²) in [6.45, 7) is 3.71. The van der Waals surface area contributed by atoms with Gasteiger partial charge in [0.15, 0.2) is 0 Å². The van der Waals surface area contributed by atoms with E-state index in [1.165, 1.54) is 0 Å². The average molecular weight is 293 g/mol. The fourth-order valence-corrected chi connectivity index (χ4v) is 2.87. The number of nitrogens with zero attached hydrogens (tertiary/aromatic N) is 1. The van der Waals surface area contributed by atoms with Gasteiger partial charge in [-0.15, -0.1) is 0 Å². The maximum atomic E-state index is 10.4. The zero-order valence-corrected chi connectivity index (χ0v) is 12.7. The molecule has 1 aliphatic heterocycles. The fourth-order valence-electron chi connectivity index (χ4n) is 2.87. The molecule has 0 radical (unpaired) electrons. The van der Waals surface area contributed by atoms with Gasteiger partial charge in [-0.2, -0.15) is 0 Å². The van der Waals surface area contributed by atoms with E-state index in [1.54, 1.807) is 0 Å². The topological polar surface area (TPSA) is 52.9 Å². The Hall–Kier alpha value is -0.940. The number of aliphatic hydroxyl groups is 2. The second-order valence-corrected chi connectivity index (χ2v) is 5.71. The summed E-state index contributed by atoms with van der Waals surface area (Å²) >= 11 is 0. The number of ether oxygens (including phenoxy) is 1. The van der Waals surface area contributed by atoms with E-state index in [1.807, 2.05) is 30.3 Å². The van der Waals surface area contributed by atoms with Gasteiger partial charge in [0.1, 0.15) is 0 Å². The molecule has 118 valence electrons. The first-order valence-electron chi connectivity index (χ1n) is 7.97. The van der Waals surface area contributed by atoms with Crippen molar-refractivity contribution >= 4 is 0 Å². The highest BCUT2D eigenvalue weighted by Gasteiger charge is 2.25. The number of unbranched alkanes of at least 4 members (excludes halogenated alkanes) is 2. The Balaban J connectivity index is 1.83. The zero-order valence-electron chi connectivity index (χ0n) is 12.7. The summed E-state index contributed by atoms with van der Waals surface area (Å²) in [6.07, 6.45) is 3.31. The van der Waals surface area contributed by atoms with Gasteiger partial charge in [0.2, 0.25) is 0 Å². The van der Waals surface area contributed by atoms with Gasteiger partial charge in [-0.25, -0.2) is 0 Å². The minimum absolute atomic E-state index is 0.277. The van der Waals surface area contributed by atoms with Crippen molar-refractivity contribution in [2.45, 2.75) is 37.8 Å². The van der Waals surface area contributed by atoms with E-state index in [2.05, 4.69) is 4.90 Å². The molecule has 1 aromatic rings. The van der Waals surface area contributed by atoms with E-state index in [0.717, 1.165) is 44.5 Å². The fraction of sp³-hybridized carbons (Fsp3) is 0.647. The molecule has 1 saturated heterocycles. The van der Waals surface area contributed by atoms with Gasteiger partial charge in [-0.3, -0.25) is 4.90 Å². The molecule has 1 heterocycles. The Kier molecular flexibility index (Phi) is 7.16. The van der Waals surface area contributed by atoms with Crippen LogP contribution in [0.1, 0.15) is 37.4 Å². The van der Waals surface area contributed by atoms with E-state index >= 15 is 0 Å². The number of aliphatic hydroxyl groups excluding tert-OH is 2. The lowest BCUT2D eigenvalue weighted by Crippen LogP contribution is -2.46. The smallest absolute Gasteiger partial charge is 0.0805 e.